The lowest BCUT2D eigenvalue weighted by Crippen LogP contribution is -2.19. The first kappa shape index (κ1) is 20.6. The number of benzene rings is 1. The minimum atomic E-state index is 0.0785. The van der Waals surface area contributed by atoms with Crippen LogP contribution in [0, 0.1) is 5.92 Å². The first-order chi connectivity index (χ1) is 12.6. The zero-order valence-electron chi connectivity index (χ0n) is 16.6. The highest BCUT2D eigenvalue weighted by atomic mass is 35.5. The van der Waals surface area contributed by atoms with Crippen LogP contribution in [-0.2, 0) is 12.0 Å². The quantitative estimate of drug-likeness (QED) is 0.554. The Morgan fingerprint density at radius 2 is 2.07 bits per heavy atom. The van der Waals surface area contributed by atoms with E-state index >= 15 is 0 Å². The summed E-state index contributed by atoms with van der Waals surface area (Å²) < 4.78 is 8.23. The van der Waals surface area contributed by atoms with E-state index in [0.29, 0.717) is 22.0 Å². The summed E-state index contributed by atoms with van der Waals surface area (Å²) in [6, 6.07) is 5.60. The van der Waals surface area contributed by atoms with Gasteiger partial charge in [-0.1, -0.05) is 58.4 Å². The third-order valence-corrected chi connectivity index (χ3v) is 6.20. The van der Waals surface area contributed by atoms with E-state index in [1.807, 2.05) is 18.2 Å². The molecule has 3 rings (SSSR count). The van der Waals surface area contributed by atoms with Crippen LogP contribution in [0.15, 0.2) is 29.4 Å². The van der Waals surface area contributed by atoms with Gasteiger partial charge in [0, 0.05) is 22.6 Å². The predicted molar refractivity (Wildman–Crippen MR) is 118 cm³/mol. The van der Waals surface area contributed by atoms with Gasteiger partial charge in [-0.3, -0.25) is 0 Å². The maximum absolute atomic E-state index is 6.22. The number of hydrogen-bond acceptors (Lipinski definition) is 3. The largest absolute Gasteiger partial charge is 0.490 e. The van der Waals surface area contributed by atoms with Crippen LogP contribution in [0.1, 0.15) is 57.9 Å². The van der Waals surface area contributed by atoms with Gasteiger partial charge in [0.25, 0.3) is 0 Å². The molecule has 0 aliphatic heterocycles. The van der Waals surface area contributed by atoms with Gasteiger partial charge in [0.2, 0.25) is 0 Å². The van der Waals surface area contributed by atoms with Crippen LogP contribution in [0.25, 0.3) is 0 Å². The van der Waals surface area contributed by atoms with Crippen LogP contribution in [0.2, 0.25) is 5.02 Å². The van der Waals surface area contributed by atoms with Gasteiger partial charge in [-0.15, -0.1) is 11.3 Å². The number of ether oxygens (including phenoxy) is 1. The maximum Gasteiger partial charge on any atom is 0.191 e. The summed E-state index contributed by atoms with van der Waals surface area (Å²) in [6.45, 7) is 12.0. The molecule has 0 bridgehead atoms. The molecular formula is C21H27ClN2OS2. The van der Waals surface area contributed by atoms with Gasteiger partial charge in [0.15, 0.2) is 4.80 Å². The molecule has 0 saturated heterocycles. The van der Waals surface area contributed by atoms with Crippen molar-refractivity contribution in [1.29, 1.82) is 0 Å². The molecule has 0 atom stereocenters. The summed E-state index contributed by atoms with van der Waals surface area (Å²) in [6.07, 6.45) is 4.71. The van der Waals surface area contributed by atoms with Crippen molar-refractivity contribution in [3.8, 4) is 5.75 Å². The number of nitrogens with zero attached hydrogens (tertiary/aromatic N) is 2. The molecule has 0 radical (unpaired) electrons. The lowest BCUT2D eigenvalue weighted by Gasteiger charge is -2.14. The Morgan fingerprint density at radius 1 is 1.37 bits per heavy atom. The summed E-state index contributed by atoms with van der Waals surface area (Å²) in [7, 11) is 0. The highest BCUT2D eigenvalue weighted by molar-refractivity contribution is 7.80. The molecule has 0 unspecified atom stereocenters. The Morgan fingerprint density at radius 3 is 2.67 bits per heavy atom. The van der Waals surface area contributed by atoms with Crippen LogP contribution in [0.5, 0.6) is 5.75 Å². The number of thiazole rings is 1. The summed E-state index contributed by atoms with van der Waals surface area (Å²) >= 11 is 13.6. The van der Waals surface area contributed by atoms with Crippen molar-refractivity contribution in [3.63, 3.8) is 0 Å². The SMILES string of the molecule is CC(C)Cn1cc(C(C)(C)C)sc1=NC(=S)c1cc(Cl)ccc1OC1CC1. The summed E-state index contributed by atoms with van der Waals surface area (Å²) in [5.41, 5.74) is 0.876. The number of hydrogen-bond donors (Lipinski definition) is 0. The Bertz CT molecular complexity index is 902. The highest BCUT2D eigenvalue weighted by Gasteiger charge is 2.25. The van der Waals surface area contributed by atoms with E-state index in [0.717, 1.165) is 35.5 Å². The van der Waals surface area contributed by atoms with Gasteiger partial charge in [-0.25, -0.2) is 4.99 Å². The normalized spacial score (nSPS) is 15.4. The van der Waals surface area contributed by atoms with Gasteiger partial charge in [0.05, 0.1) is 11.7 Å². The van der Waals surface area contributed by atoms with E-state index in [2.05, 4.69) is 45.4 Å². The smallest absolute Gasteiger partial charge is 0.191 e. The van der Waals surface area contributed by atoms with Crippen molar-refractivity contribution in [2.45, 2.75) is 65.5 Å². The van der Waals surface area contributed by atoms with E-state index in [1.54, 1.807) is 11.3 Å². The van der Waals surface area contributed by atoms with E-state index in [-0.39, 0.29) is 5.41 Å². The van der Waals surface area contributed by atoms with Crippen molar-refractivity contribution >= 4 is 40.1 Å². The molecule has 1 aliphatic rings. The minimum Gasteiger partial charge on any atom is -0.490 e. The second-order valence-electron chi connectivity index (χ2n) is 8.55. The molecular weight excluding hydrogens is 396 g/mol. The van der Waals surface area contributed by atoms with Crippen molar-refractivity contribution in [2.24, 2.45) is 10.9 Å². The molecule has 27 heavy (non-hydrogen) atoms. The second-order valence-corrected chi connectivity index (χ2v) is 10.4. The maximum atomic E-state index is 6.22. The van der Waals surface area contributed by atoms with Gasteiger partial charge < -0.3 is 9.30 Å². The molecule has 0 N–H and O–H groups in total. The molecule has 1 aromatic heterocycles. The molecule has 146 valence electrons. The van der Waals surface area contributed by atoms with Crippen LogP contribution in [0.4, 0.5) is 0 Å². The van der Waals surface area contributed by atoms with E-state index in [1.165, 1.54) is 4.88 Å². The van der Waals surface area contributed by atoms with Gasteiger partial charge in [-0.2, -0.15) is 0 Å². The van der Waals surface area contributed by atoms with E-state index < -0.39 is 0 Å². The van der Waals surface area contributed by atoms with Crippen LogP contribution >= 0.6 is 35.2 Å². The fourth-order valence-electron chi connectivity index (χ4n) is 2.62. The standard InChI is InChI=1S/C21H27ClN2OS2/c1-13(2)11-24-12-18(21(3,4)5)27-20(24)23-19(26)16-10-14(22)6-9-17(16)25-15-7-8-15/h6,9-10,12-13,15H,7-8,11H2,1-5H3. The fraction of sp³-hybridized carbons (Fsp3) is 0.524. The average molecular weight is 423 g/mol. The minimum absolute atomic E-state index is 0.0785. The molecule has 1 fully saturated rings. The van der Waals surface area contributed by atoms with Gasteiger partial charge in [0.1, 0.15) is 10.7 Å². The van der Waals surface area contributed by atoms with E-state index in [4.69, 9.17) is 33.5 Å². The Kier molecular flexibility index (Phi) is 6.14. The van der Waals surface area contributed by atoms with Crippen molar-refractivity contribution in [2.75, 3.05) is 0 Å². The molecule has 1 saturated carbocycles. The van der Waals surface area contributed by atoms with Gasteiger partial charge >= 0.3 is 0 Å². The van der Waals surface area contributed by atoms with Crippen LogP contribution < -0.4 is 9.54 Å². The van der Waals surface area contributed by atoms with Crippen LogP contribution in [0.3, 0.4) is 0 Å². The molecule has 6 heteroatoms. The lowest BCUT2D eigenvalue weighted by atomic mass is 9.95. The van der Waals surface area contributed by atoms with Crippen molar-refractivity contribution < 1.29 is 4.74 Å². The molecule has 1 heterocycles. The van der Waals surface area contributed by atoms with Crippen molar-refractivity contribution in [1.82, 2.24) is 4.57 Å². The molecule has 1 aliphatic carbocycles. The molecule has 3 nitrogen and oxygen atoms in total. The highest BCUT2D eigenvalue weighted by Crippen LogP contribution is 2.31. The average Bonchev–Trinajstić information content (AvgIpc) is 3.28. The molecule has 0 spiro atoms. The third kappa shape index (κ3) is 5.43. The summed E-state index contributed by atoms with van der Waals surface area (Å²) in [4.78, 5) is 7.56. The Balaban J connectivity index is 2.01. The first-order valence-corrected chi connectivity index (χ1v) is 11.0. The van der Waals surface area contributed by atoms with E-state index in [9.17, 15) is 0 Å². The van der Waals surface area contributed by atoms with Gasteiger partial charge in [-0.05, 0) is 42.4 Å². The lowest BCUT2D eigenvalue weighted by molar-refractivity contribution is 0.302. The zero-order valence-corrected chi connectivity index (χ0v) is 19.0. The Hall–Kier alpha value is -1.17. The van der Waals surface area contributed by atoms with Crippen LogP contribution in [-0.4, -0.2) is 15.7 Å². The predicted octanol–water partition coefficient (Wildman–Crippen LogP) is 5.97. The molecule has 2 aromatic rings. The van der Waals surface area contributed by atoms with Crippen molar-refractivity contribution in [3.05, 3.63) is 44.7 Å². The monoisotopic (exact) mass is 422 g/mol. The fourth-order valence-corrected chi connectivity index (χ4v) is 4.16. The molecule has 0 amide bonds. The summed E-state index contributed by atoms with van der Waals surface area (Å²) in [5, 5.41) is 0.641. The zero-order chi connectivity index (χ0) is 19.8. The first-order valence-electron chi connectivity index (χ1n) is 9.39. The number of aromatic nitrogens is 1. The topological polar surface area (TPSA) is 26.5 Å². The third-order valence-electron chi connectivity index (χ3n) is 4.21. The second kappa shape index (κ2) is 8.06. The Labute approximate surface area is 176 Å². The number of halogens is 1. The summed E-state index contributed by atoms with van der Waals surface area (Å²) in [5.74, 6) is 1.30. The molecule has 1 aromatic carbocycles. The number of rotatable bonds is 5. The number of thiocarbonyl (C=S) groups is 1.